The fraction of sp³-hybridized carbons (Fsp3) is 1.00. The summed E-state index contributed by atoms with van der Waals surface area (Å²) < 4.78 is 5.42. The molecule has 1 saturated heterocycles. The second kappa shape index (κ2) is 3.35. The molecule has 1 N–H and O–H groups in total. The summed E-state index contributed by atoms with van der Waals surface area (Å²) in [6.45, 7) is 4.45. The predicted octanol–water partition coefficient (Wildman–Crippen LogP) is 1.17. The van der Waals surface area contributed by atoms with Gasteiger partial charge in [-0.05, 0) is 39.3 Å². The van der Waals surface area contributed by atoms with Crippen LogP contribution < -0.4 is 5.32 Å². The summed E-state index contributed by atoms with van der Waals surface area (Å²) in [5.74, 6) is 0. The lowest BCUT2D eigenvalue weighted by atomic mass is 9.97. The second-order valence-electron chi connectivity index (χ2n) is 3.26. The van der Waals surface area contributed by atoms with E-state index in [-0.39, 0.29) is 5.60 Å². The van der Waals surface area contributed by atoms with E-state index in [1.165, 1.54) is 12.8 Å². The Bertz CT molecular complexity index is 95.4. The Morgan fingerprint density at radius 2 is 2.10 bits per heavy atom. The highest BCUT2D eigenvalue weighted by Crippen LogP contribution is 2.21. The van der Waals surface area contributed by atoms with Crippen LogP contribution in [0.25, 0.3) is 0 Å². The summed E-state index contributed by atoms with van der Waals surface area (Å²) in [4.78, 5) is 0. The minimum atomic E-state index is 0.142. The fourth-order valence-corrected chi connectivity index (χ4v) is 1.39. The number of rotatable bonds is 1. The molecule has 2 nitrogen and oxygen atoms in total. The minimum Gasteiger partial charge on any atom is -0.378 e. The van der Waals surface area contributed by atoms with Crippen LogP contribution in [0.4, 0.5) is 0 Å². The standard InChI is InChI=1S/C8H17NO/c1-8(10-2)4-3-6-9-7-5-8/h9H,3-7H2,1-2H3. The Morgan fingerprint density at radius 3 is 2.80 bits per heavy atom. The van der Waals surface area contributed by atoms with Gasteiger partial charge in [0.1, 0.15) is 0 Å². The third-order valence-electron chi connectivity index (χ3n) is 2.38. The minimum absolute atomic E-state index is 0.142. The summed E-state index contributed by atoms with van der Waals surface area (Å²) in [6.07, 6.45) is 3.57. The van der Waals surface area contributed by atoms with Crippen LogP contribution in [0.2, 0.25) is 0 Å². The van der Waals surface area contributed by atoms with Gasteiger partial charge in [0.25, 0.3) is 0 Å². The van der Waals surface area contributed by atoms with Crippen molar-refractivity contribution in [2.45, 2.75) is 31.8 Å². The van der Waals surface area contributed by atoms with Gasteiger partial charge in [0.15, 0.2) is 0 Å². The van der Waals surface area contributed by atoms with E-state index in [4.69, 9.17) is 4.74 Å². The normalized spacial score (nSPS) is 35.4. The first-order chi connectivity index (χ1) is 4.77. The summed E-state index contributed by atoms with van der Waals surface area (Å²) in [5, 5.41) is 3.36. The summed E-state index contributed by atoms with van der Waals surface area (Å²) in [7, 11) is 1.81. The number of ether oxygens (including phenoxy) is 1. The van der Waals surface area contributed by atoms with Gasteiger partial charge in [-0.3, -0.25) is 0 Å². The average molecular weight is 143 g/mol. The molecule has 0 amide bonds. The molecular weight excluding hydrogens is 126 g/mol. The van der Waals surface area contributed by atoms with E-state index >= 15 is 0 Å². The summed E-state index contributed by atoms with van der Waals surface area (Å²) in [5.41, 5.74) is 0.142. The van der Waals surface area contributed by atoms with Crippen LogP contribution >= 0.6 is 0 Å². The third-order valence-corrected chi connectivity index (χ3v) is 2.38. The van der Waals surface area contributed by atoms with E-state index in [2.05, 4.69) is 12.2 Å². The largest absolute Gasteiger partial charge is 0.378 e. The highest BCUT2D eigenvalue weighted by Gasteiger charge is 2.23. The van der Waals surface area contributed by atoms with E-state index in [1.54, 1.807) is 0 Å². The molecule has 1 unspecified atom stereocenters. The molecule has 0 aromatic rings. The lowest BCUT2D eigenvalue weighted by Gasteiger charge is -2.25. The first-order valence-electron chi connectivity index (χ1n) is 4.03. The van der Waals surface area contributed by atoms with Gasteiger partial charge in [-0.25, -0.2) is 0 Å². The molecule has 0 bridgehead atoms. The fourth-order valence-electron chi connectivity index (χ4n) is 1.39. The Hall–Kier alpha value is -0.0800. The van der Waals surface area contributed by atoms with Crippen LogP contribution in [0.5, 0.6) is 0 Å². The van der Waals surface area contributed by atoms with Crippen molar-refractivity contribution in [3.63, 3.8) is 0 Å². The molecule has 1 fully saturated rings. The maximum Gasteiger partial charge on any atom is 0.0663 e. The lowest BCUT2D eigenvalue weighted by Crippen LogP contribution is -2.28. The predicted molar refractivity (Wildman–Crippen MR) is 42.1 cm³/mol. The highest BCUT2D eigenvalue weighted by atomic mass is 16.5. The molecule has 1 aliphatic heterocycles. The van der Waals surface area contributed by atoms with Gasteiger partial charge in [-0.2, -0.15) is 0 Å². The molecule has 1 aliphatic rings. The van der Waals surface area contributed by atoms with Gasteiger partial charge in [0, 0.05) is 7.11 Å². The van der Waals surface area contributed by atoms with Crippen LogP contribution in [0.15, 0.2) is 0 Å². The Morgan fingerprint density at radius 1 is 1.30 bits per heavy atom. The number of nitrogens with one attached hydrogen (secondary N) is 1. The molecular formula is C8H17NO. The second-order valence-corrected chi connectivity index (χ2v) is 3.26. The van der Waals surface area contributed by atoms with Crippen molar-refractivity contribution in [3.05, 3.63) is 0 Å². The summed E-state index contributed by atoms with van der Waals surface area (Å²) >= 11 is 0. The van der Waals surface area contributed by atoms with Gasteiger partial charge < -0.3 is 10.1 Å². The molecule has 1 atom stereocenters. The molecule has 60 valence electrons. The number of hydrogen-bond donors (Lipinski definition) is 1. The molecule has 0 aromatic carbocycles. The highest BCUT2D eigenvalue weighted by molar-refractivity contribution is 4.78. The average Bonchev–Trinajstić information content (AvgIpc) is 2.15. The van der Waals surface area contributed by atoms with Crippen LogP contribution in [0.3, 0.4) is 0 Å². The van der Waals surface area contributed by atoms with Crippen molar-refractivity contribution in [1.29, 1.82) is 0 Å². The Balaban J connectivity index is 2.41. The molecule has 1 heterocycles. The maximum absolute atomic E-state index is 5.42. The zero-order valence-electron chi connectivity index (χ0n) is 6.94. The van der Waals surface area contributed by atoms with E-state index < -0.39 is 0 Å². The van der Waals surface area contributed by atoms with E-state index in [9.17, 15) is 0 Å². The third kappa shape index (κ3) is 1.96. The first kappa shape index (κ1) is 8.02. The van der Waals surface area contributed by atoms with Crippen LogP contribution in [-0.2, 0) is 4.74 Å². The number of methoxy groups -OCH3 is 1. The topological polar surface area (TPSA) is 21.3 Å². The molecule has 2 heteroatoms. The lowest BCUT2D eigenvalue weighted by molar-refractivity contribution is -0.00361. The van der Waals surface area contributed by atoms with Gasteiger partial charge in [-0.15, -0.1) is 0 Å². The van der Waals surface area contributed by atoms with Crippen molar-refractivity contribution < 1.29 is 4.74 Å². The van der Waals surface area contributed by atoms with Crippen molar-refractivity contribution in [2.24, 2.45) is 0 Å². The SMILES string of the molecule is COC1(C)CCCNCC1. The smallest absolute Gasteiger partial charge is 0.0663 e. The van der Waals surface area contributed by atoms with Crippen molar-refractivity contribution >= 4 is 0 Å². The molecule has 0 saturated carbocycles. The maximum atomic E-state index is 5.42. The van der Waals surface area contributed by atoms with E-state index in [0.717, 1.165) is 19.5 Å². The van der Waals surface area contributed by atoms with Crippen molar-refractivity contribution in [3.8, 4) is 0 Å². The molecule has 0 aromatic heterocycles. The number of hydrogen-bond acceptors (Lipinski definition) is 2. The Kier molecular flexibility index (Phi) is 2.69. The zero-order chi connectivity index (χ0) is 7.45. The van der Waals surface area contributed by atoms with Gasteiger partial charge in [0.05, 0.1) is 5.60 Å². The molecule has 0 radical (unpaired) electrons. The van der Waals surface area contributed by atoms with Gasteiger partial charge in [-0.1, -0.05) is 0 Å². The van der Waals surface area contributed by atoms with Crippen LogP contribution in [0.1, 0.15) is 26.2 Å². The molecule has 1 rings (SSSR count). The van der Waals surface area contributed by atoms with Crippen LogP contribution in [-0.4, -0.2) is 25.8 Å². The molecule has 0 aliphatic carbocycles. The Labute approximate surface area is 63.0 Å². The molecule has 0 spiro atoms. The van der Waals surface area contributed by atoms with Crippen LogP contribution in [0, 0.1) is 0 Å². The summed E-state index contributed by atoms with van der Waals surface area (Å²) in [6, 6.07) is 0. The van der Waals surface area contributed by atoms with Gasteiger partial charge in [0.2, 0.25) is 0 Å². The first-order valence-corrected chi connectivity index (χ1v) is 4.03. The van der Waals surface area contributed by atoms with Gasteiger partial charge >= 0.3 is 0 Å². The van der Waals surface area contributed by atoms with Crippen molar-refractivity contribution in [2.75, 3.05) is 20.2 Å². The monoisotopic (exact) mass is 143 g/mol. The zero-order valence-corrected chi connectivity index (χ0v) is 6.94. The van der Waals surface area contributed by atoms with E-state index in [1.807, 2.05) is 7.11 Å². The van der Waals surface area contributed by atoms with Crippen molar-refractivity contribution in [1.82, 2.24) is 5.32 Å². The quantitative estimate of drug-likeness (QED) is 0.595. The molecule has 10 heavy (non-hydrogen) atoms. The van der Waals surface area contributed by atoms with E-state index in [0.29, 0.717) is 0 Å².